The summed E-state index contributed by atoms with van der Waals surface area (Å²) in [5.41, 5.74) is 0. The third-order valence-electron chi connectivity index (χ3n) is 0. The van der Waals surface area contributed by atoms with Gasteiger partial charge in [0.25, 0.3) is 0 Å². The Hall–Kier alpha value is 1.04. The van der Waals surface area contributed by atoms with Crippen molar-refractivity contribution in [3.05, 3.63) is 0 Å². The predicted molar refractivity (Wildman–Crippen MR) is 25.6 cm³/mol. The standard InChI is InChI=1S/2Al.2H2N.O4Si/c;;;;1-5(2,3)4/h;;2*1H2;/q2*+3;2*-1;-4. The van der Waals surface area contributed by atoms with E-state index in [1.54, 1.807) is 0 Å². The average molecular weight is 178 g/mol. The molecule has 6 nitrogen and oxygen atoms in total. The van der Waals surface area contributed by atoms with Gasteiger partial charge in [-0.1, -0.05) is 0 Å². The van der Waals surface area contributed by atoms with Gasteiger partial charge in [-0.3, -0.25) is 0 Å². The van der Waals surface area contributed by atoms with Crippen LogP contribution in [0.3, 0.4) is 0 Å². The first-order valence-electron chi connectivity index (χ1n) is 1.48. The molecule has 0 radical (unpaired) electrons. The minimum atomic E-state index is -5.61. The molecule has 9 heteroatoms. The van der Waals surface area contributed by atoms with Crippen LogP contribution in [0.5, 0.6) is 0 Å². The van der Waals surface area contributed by atoms with Crippen molar-refractivity contribution >= 4 is 42.1 Å². The van der Waals surface area contributed by atoms with Gasteiger partial charge in [0.05, 0.1) is 0 Å². The van der Waals surface area contributed by atoms with Gasteiger partial charge in [-0.15, -0.1) is 0 Å². The van der Waals surface area contributed by atoms with Gasteiger partial charge in [0.1, 0.15) is 0 Å². The molecule has 0 aromatic carbocycles. The summed E-state index contributed by atoms with van der Waals surface area (Å²) in [7, 11) is -5.61. The molecule has 0 saturated carbocycles. The molecule has 0 saturated heterocycles. The van der Waals surface area contributed by atoms with E-state index in [0.29, 0.717) is 0 Å². The van der Waals surface area contributed by atoms with Gasteiger partial charge in [0.2, 0.25) is 0 Å². The van der Waals surface area contributed by atoms with E-state index in [9.17, 15) is 0 Å². The molecule has 0 bridgehead atoms. The Labute approximate surface area is 70.9 Å². The second-order valence-electron chi connectivity index (χ2n) is 0.500. The monoisotopic (exact) mass is 178 g/mol. The molecule has 0 aliphatic carbocycles. The van der Waals surface area contributed by atoms with Crippen LogP contribution in [0.25, 0.3) is 0 Å². The number of hydrogen-bond acceptors (Lipinski definition) is 6. The summed E-state index contributed by atoms with van der Waals surface area (Å²) in [6.07, 6.45) is 0. The minimum absolute atomic E-state index is 1.92. The Morgan fingerprint density at radius 2 is 0.778 bits per heavy atom. The molecule has 0 fully saturated rings. The summed E-state index contributed by atoms with van der Waals surface area (Å²) >= 11 is 3.83. The SMILES string of the molecule is [NH2][Al+2].[NH2][Al+2].[O-][Si]([O-])([O-])[O-]. The molecule has 0 aliphatic heterocycles. The van der Waals surface area contributed by atoms with Crippen molar-refractivity contribution in [2.24, 2.45) is 9.43 Å². The molecule has 0 rings (SSSR count). The van der Waals surface area contributed by atoms with Crippen molar-refractivity contribution in [1.29, 1.82) is 0 Å². The third-order valence-corrected chi connectivity index (χ3v) is 0. The van der Waals surface area contributed by atoms with E-state index in [-0.39, 0.29) is 0 Å². The maximum absolute atomic E-state index is 8.58. The van der Waals surface area contributed by atoms with Crippen LogP contribution in [0.4, 0.5) is 0 Å². The largest absolute Gasteiger partial charge is 0.894 e. The Kier molecular flexibility index (Phi) is 21.7. The smallest absolute Gasteiger partial charge is 0.426 e. The van der Waals surface area contributed by atoms with Crippen molar-refractivity contribution in [1.82, 2.24) is 0 Å². The molecule has 0 unspecified atom stereocenters. The van der Waals surface area contributed by atoms with E-state index in [0.717, 1.165) is 0 Å². The average Bonchev–Trinajstić information content (AvgIpc) is 1.72. The summed E-state index contributed by atoms with van der Waals surface area (Å²) in [6.45, 7) is 0. The molecule has 0 aliphatic rings. The van der Waals surface area contributed by atoms with E-state index < -0.39 is 9.05 Å². The Balaban J connectivity index is -0.0000000771. The molecule has 0 aromatic heterocycles. The maximum atomic E-state index is 8.58. The van der Waals surface area contributed by atoms with E-state index >= 15 is 0 Å². The zero-order valence-corrected chi connectivity index (χ0v) is 7.75. The first-order chi connectivity index (χ1) is 4.00. The first-order valence-corrected chi connectivity index (χ1v) is 4.45. The minimum Gasteiger partial charge on any atom is -0.894 e. The molecule has 0 spiro atoms. The maximum Gasteiger partial charge on any atom is -0.426 e. The second-order valence-corrected chi connectivity index (χ2v) is 1.50. The third kappa shape index (κ3) is 413. The molecular formula is H4Al2N2O4Si. The van der Waals surface area contributed by atoms with Crippen molar-refractivity contribution < 1.29 is 19.2 Å². The molecule has 0 aromatic rings. The van der Waals surface area contributed by atoms with Gasteiger partial charge < -0.3 is 28.2 Å². The Bertz CT molecular complexity index is 32.0. The van der Waals surface area contributed by atoms with Crippen LogP contribution in [0, 0.1) is 0 Å². The van der Waals surface area contributed by atoms with Crippen molar-refractivity contribution in [2.45, 2.75) is 0 Å². The fourth-order valence-corrected chi connectivity index (χ4v) is 0. The summed E-state index contributed by atoms with van der Waals surface area (Å²) in [5.74, 6) is 0. The molecule has 48 valence electrons. The summed E-state index contributed by atoms with van der Waals surface area (Å²) in [5, 5.41) is 0. The topological polar surface area (TPSA) is 144 Å². The van der Waals surface area contributed by atoms with Crippen molar-refractivity contribution in [3.8, 4) is 0 Å². The van der Waals surface area contributed by atoms with Gasteiger partial charge in [0, 0.05) is 0 Å². The quantitative estimate of drug-likeness (QED) is 0.352. The first kappa shape index (κ1) is 16.6. The molecule has 0 atom stereocenters. The van der Waals surface area contributed by atoms with Gasteiger partial charge >= 0.3 is 42.5 Å². The fourth-order valence-electron chi connectivity index (χ4n) is 0. The molecule has 0 amide bonds. The van der Waals surface area contributed by atoms with Crippen LogP contribution in [-0.4, -0.2) is 42.1 Å². The van der Waals surface area contributed by atoms with Crippen LogP contribution in [-0.2, 0) is 0 Å². The van der Waals surface area contributed by atoms with Crippen LogP contribution >= 0.6 is 0 Å². The predicted octanol–water partition coefficient (Wildman–Crippen LogP) is -7.08. The normalized spacial score (nSPS) is 8.22. The van der Waals surface area contributed by atoms with Crippen LogP contribution in [0.1, 0.15) is 0 Å². The molecule has 0 heterocycles. The summed E-state index contributed by atoms with van der Waals surface area (Å²) in [4.78, 5) is 34.3. The number of nitrogens with two attached hydrogens (primary N) is 2. The fraction of sp³-hybridized carbons (Fsp3) is 0. The van der Waals surface area contributed by atoms with E-state index in [1.165, 1.54) is 0 Å². The van der Waals surface area contributed by atoms with Crippen LogP contribution in [0.15, 0.2) is 0 Å². The number of rotatable bonds is 0. The number of hydrogen-bond donors (Lipinski definition) is 2. The van der Waals surface area contributed by atoms with Gasteiger partial charge in [-0.25, -0.2) is 0 Å². The zero-order valence-electron chi connectivity index (χ0n) is 4.44. The molecule has 4 N–H and O–H groups in total. The molecule has 9 heavy (non-hydrogen) atoms. The van der Waals surface area contributed by atoms with Gasteiger partial charge in [-0.05, 0) is 0 Å². The summed E-state index contributed by atoms with van der Waals surface area (Å²) in [6, 6.07) is 0. The summed E-state index contributed by atoms with van der Waals surface area (Å²) < 4.78 is 8.83. The Morgan fingerprint density at radius 3 is 0.778 bits per heavy atom. The zero-order chi connectivity index (χ0) is 8.50. The second kappa shape index (κ2) is 11.8. The van der Waals surface area contributed by atoms with Crippen molar-refractivity contribution in [2.75, 3.05) is 0 Å². The van der Waals surface area contributed by atoms with Gasteiger partial charge in [-0.2, -0.15) is 0 Å². The van der Waals surface area contributed by atoms with Crippen LogP contribution in [0.2, 0.25) is 0 Å². The Morgan fingerprint density at radius 1 is 0.778 bits per heavy atom. The van der Waals surface area contributed by atoms with Crippen molar-refractivity contribution in [3.63, 3.8) is 0 Å². The van der Waals surface area contributed by atoms with E-state index in [2.05, 4.69) is 9.43 Å². The van der Waals surface area contributed by atoms with Crippen LogP contribution < -0.4 is 28.6 Å². The molecular weight excluding hydrogens is 174 g/mol. The van der Waals surface area contributed by atoms with E-state index in [4.69, 9.17) is 19.2 Å². The van der Waals surface area contributed by atoms with Gasteiger partial charge in [0.15, 0.2) is 0 Å². The van der Waals surface area contributed by atoms with E-state index in [1.807, 2.05) is 33.0 Å².